The Labute approximate surface area is 115 Å². The van der Waals surface area contributed by atoms with Gasteiger partial charge >= 0.3 is 0 Å². The Morgan fingerprint density at radius 1 is 1.05 bits per heavy atom. The molecule has 1 atom stereocenters. The summed E-state index contributed by atoms with van der Waals surface area (Å²) in [7, 11) is 0. The molecule has 19 heavy (non-hydrogen) atoms. The van der Waals surface area contributed by atoms with E-state index in [9.17, 15) is 0 Å². The van der Waals surface area contributed by atoms with Gasteiger partial charge < -0.3 is 0 Å². The zero-order chi connectivity index (χ0) is 13.5. The van der Waals surface area contributed by atoms with Crippen molar-refractivity contribution in [3.05, 3.63) is 77.4 Å². The monoisotopic (exact) mass is 246 g/mol. The van der Waals surface area contributed by atoms with E-state index in [2.05, 4.69) is 61.4 Å². The first kappa shape index (κ1) is 13.2. The van der Waals surface area contributed by atoms with E-state index in [1.54, 1.807) is 0 Å². The molecule has 0 nitrogen and oxygen atoms in total. The molecule has 2 aromatic rings. The second-order valence-corrected chi connectivity index (χ2v) is 4.70. The van der Waals surface area contributed by atoms with Gasteiger partial charge in [-0.2, -0.15) is 0 Å². The molecule has 0 heteroatoms. The molecule has 0 bridgehead atoms. The van der Waals surface area contributed by atoms with Gasteiger partial charge in [0, 0.05) is 12.3 Å². The van der Waals surface area contributed by atoms with Gasteiger partial charge in [-0.1, -0.05) is 72.3 Å². The molecule has 0 amide bonds. The van der Waals surface area contributed by atoms with E-state index in [0.717, 1.165) is 6.42 Å². The summed E-state index contributed by atoms with van der Waals surface area (Å²) in [6, 6.07) is 18.9. The molecule has 0 aliphatic rings. The number of benzene rings is 2. The van der Waals surface area contributed by atoms with Crippen LogP contribution in [0.25, 0.3) is 6.08 Å². The number of aryl methyl sites for hydroxylation is 1. The lowest BCUT2D eigenvalue weighted by Crippen LogP contribution is -1.94. The molecule has 0 aliphatic carbocycles. The van der Waals surface area contributed by atoms with Gasteiger partial charge in [0.05, 0.1) is 0 Å². The highest BCUT2D eigenvalue weighted by atomic mass is 14.1. The van der Waals surface area contributed by atoms with Crippen molar-refractivity contribution in [1.82, 2.24) is 0 Å². The predicted molar refractivity (Wildman–Crippen MR) is 82.8 cm³/mol. The van der Waals surface area contributed by atoms with Gasteiger partial charge in [0.1, 0.15) is 0 Å². The van der Waals surface area contributed by atoms with Crippen LogP contribution in [0.1, 0.15) is 29.0 Å². The van der Waals surface area contributed by atoms with Crippen LogP contribution in [0.2, 0.25) is 0 Å². The summed E-state index contributed by atoms with van der Waals surface area (Å²) in [5, 5.41) is 0. The number of terminal acetylenes is 1. The Hall–Kier alpha value is -2.26. The lowest BCUT2D eigenvalue weighted by atomic mass is 9.94. The van der Waals surface area contributed by atoms with Gasteiger partial charge in [-0.25, -0.2) is 0 Å². The van der Waals surface area contributed by atoms with Gasteiger partial charge in [0.25, 0.3) is 0 Å². The van der Waals surface area contributed by atoms with E-state index in [4.69, 9.17) is 6.42 Å². The predicted octanol–water partition coefficient (Wildman–Crippen LogP) is 4.82. The standard InChI is InChI=1S/C19H18/c1-3-7-18(19-13-10-16(2)11-14-19)15-12-17-8-5-4-6-9-17/h1,4-6,8-15,18H,7H2,2H3/b15-12+. The third-order valence-corrected chi connectivity index (χ3v) is 3.16. The summed E-state index contributed by atoms with van der Waals surface area (Å²) >= 11 is 0. The zero-order valence-corrected chi connectivity index (χ0v) is 11.2. The van der Waals surface area contributed by atoms with Gasteiger partial charge in [0.15, 0.2) is 0 Å². The quantitative estimate of drug-likeness (QED) is 0.679. The molecule has 0 fully saturated rings. The molecule has 0 heterocycles. The fourth-order valence-corrected chi connectivity index (χ4v) is 2.03. The molecular weight excluding hydrogens is 228 g/mol. The minimum atomic E-state index is 0.283. The average molecular weight is 246 g/mol. The third kappa shape index (κ3) is 3.86. The lowest BCUT2D eigenvalue weighted by Gasteiger charge is -2.10. The molecule has 0 radical (unpaired) electrons. The maximum Gasteiger partial charge on any atom is 0.0190 e. The van der Waals surface area contributed by atoms with Crippen LogP contribution < -0.4 is 0 Å². The Bertz CT molecular complexity index is 568. The smallest absolute Gasteiger partial charge is 0.0190 e. The van der Waals surface area contributed by atoms with E-state index in [0.29, 0.717) is 0 Å². The molecule has 1 unspecified atom stereocenters. The van der Waals surface area contributed by atoms with E-state index >= 15 is 0 Å². The van der Waals surface area contributed by atoms with Crippen molar-refractivity contribution < 1.29 is 0 Å². The normalized spacial score (nSPS) is 12.2. The van der Waals surface area contributed by atoms with E-state index in [1.165, 1.54) is 16.7 Å². The second-order valence-electron chi connectivity index (χ2n) is 4.70. The van der Waals surface area contributed by atoms with Gasteiger partial charge in [-0.15, -0.1) is 12.3 Å². The van der Waals surface area contributed by atoms with Crippen molar-refractivity contribution in [2.24, 2.45) is 0 Å². The molecule has 0 saturated carbocycles. The summed E-state index contributed by atoms with van der Waals surface area (Å²) in [6.07, 6.45) is 10.5. The molecule has 0 spiro atoms. The largest absolute Gasteiger partial charge is 0.120 e. The molecule has 94 valence electrons. The Morgan fingerprint density at radius 2 is 1.74 bits per heavy atom. The number of hydrogen-bond acceptors (Lipinski definition) is 0. The van der Waals surface area contributed by atoms with Crippen LogP contribution in [0.5, 0.6) is 0 Å². The molecule has 0 N–H and O–H groups in total. The minimum Gasteiger partial charge on any atom is -0.120 e. The first-order chi connectivity index (χ1) is 9.29. The third-order valence-electron chi connectivity index (χ3n) is 3.16. The molecular formula is C19H18. The maximum atomic E-state index is 5.48. The number of allylic oxidation sites excluding steroid dienone is 1. The number of hydrogen-bond donors (Lipinski definition) is 0. The SMILES string of the molecule is C#CCC(/C=C/c1ccccc1)c1ccc(C)cc1. The van der Waals surface area contributed by atoms with Crippen molar-refractivity contribution in [3.63, 3.8) is 0 Å². The van der Waals surface area contributed by atoms with Crippen LogP contribution in [-0.2, 0) is 0 Å². The maximum absolute atomic E-state index is 5.48. The summed E-state index contributed by atoms with van der Waals surface area (Å²) < 4.78 is 0. The molecule has 0 aliphatic heterocycles. The van der Waals surface area contributed by atoms with Crippen LogP contribution in [-0.4, -0.2) is 0 Å². The van der Waals surface area contributed by atoms with Gasteiger partial charge in [0.2, 0.25) is 0 Å². The first-order valence-corrected chi connectivity index (χ1v) is 6.53. The van der Waals surface area contributed by atoms with Crippen LogP contribution >= 0.6 is 0 Å². The summed E-state index contributed by atoms with van der Waals surface area (Å²) in [6.45, 7) is 2.10. The highest BCUT2D eigenvalue weighted by molar-refractivity contribution is 5.50. The highest BCUT2D eigenvalue weighted by Gasteiger charge is 2.05. The van der Waals surface area contributed by atoms with Gasteiger partial charge in [-0.05, 0) is 18.1 Å². The van der Waals surface area contributed by atoms with E-state index < -0.39 is 0 Å². The Kier molecular flexibility index (Phi) is 4.59. The fraction of sp³-hybridized carbons (Fsp3) is 0.158. The highest BCUT2D eigenvalue weighted by Crippen LogP contribution is 2.22. The van der Waals surface area contributed by atoms with Crippen molar-refractivity contribution in [2.75, 3.05) is 0 Å². The van der Waals surface area contributed by atoms with E-state index in [-0.39, 0.29) is 5.92 Å². The lowest BCUT2D eigenvalue weighted by molar-refractivity contribution is 0.886. The zero-order valence-electron chi connectivity index (χ0n) is 11.2. The average Bonchev–Trinajstić information content (AvgIpc) is 2.46. The van der Waals surface area contributed by atoms with Crippen LogP contribution in [0.3, 0.4) is 0 Å². The summed E-state index contributed by atoms with van der Waals surface area (Å²) in [4.78, 5) is 0. The van der Waals surface area contributed by atoms with Crippen LogP contribution in [0, 0.1) is 19.3 Å². The first-order valence-electron chi connectivity index (χ1n) is 6.53. The molecule has 0 saturated heterocycles. The molecule has 0 aromatic heterocycles. The number of rotatable bonds is 4. The Balaban J connectivity index is 2.19. The van der Waals surface area contributed by atoms with Crippen molar-refractivity contribution in [3.8, 4) is 12.3 Å². The molecule has 2 rings (SSSR count). The van der Waals surface area contributed by atoms with Gasteiger partial charge in [-0.3, -0.25) is 0 Å². The van der Waals surface area contributed by atoms with Crippen LogP contribution in [0.4, 0.5) is 0 Å². The van der Waals surface area contributed by atoms with Crippen LogP contribution in [0.15, 0.2) is 60.7 Å². The molecule has 2 aromatic carbocycles. The van der Waals surface area contributed by atoms with Crippen molar-refractivity contribution >= 4 is 6.08 Å². The van der Waals surface area contributed by atoms with Crippen molar-refractivity contribution in [1.29, 1.82) is 0 Å². The second kappa shape index (κ2) is 6.61. The fourth-order valence-electron chi connectivity index (χ4n) is 2.03. The van der Waals surface area contributed by atoms with Crippen molar-refractivity contribution in [2.45, 2.75) is 19.3 Å². The summed E-state index contributed by atoms with van der Waals surface area (Å²) in [5.74, 6) is 3.05. The minimum absolute atomic E-state index is 0.283. The summed E-state index contributed by atoms with van der Waals surface area (Å²) in [5.41, 5.74) is 3.75. The Morgan fingerprint density at radius 3 is 2.37 bits per heavy atom. The topological polar surface area (TPSA) is 0 Å². The van der Waals surface area contributed by atoms with E-state index in [1.807, 2.05) is 18.2 Å².